The molecule has 28 heavy (non-hydrogen) atoms. The van der Waals surface area contributed by atoms with Gasteiger partial charge in [-0.15, -0.1) is 0 Å². The van der Waals surface area contributed by atoms with Crippen LogP contribution in [0.25, 0.3) is 0 Å². The van der Waals surface area contributed by atoms with Gasteiger partial charge in [-0.1, -0.05) is 6.07 Å². The highest BCUT2D eigenvalue weighted by Gasteiger charge is 2.67. The first-order valence-corrected chi connectivity index (χ1v) is 10.8. The summed E-state index contributed by atoms with van der Waals surface area (Å²) in [7, 11) is -9.54. The number of rotatable bonds is 4. The van der Waals surface area contributed by atoms with Crippen LogP contribution in [0, 0.1) is 11.6 Å². The summed E-state index contributed by atoms with van der Waals surface area (Å²) < 4.78 is 67.8. The fourth-order valence-corrected chi connectivity index (χ4v) is 6.14. The van der Waals surface area contributed by atoms with Crippen molar-refractivity contribution in [2.24, 2.45) is 0 Å². The highest BCUT2D eigenvalue weighted by Crippen LogP contribution is 2.79. The molecular formula is C15H15F2NO8P2. The molecule has 0 amide bonds. The Bertz CT molecular complexity index is 940. The predicted molar refractivity (Wildman–Crippen MR) is 90.4 cm³/mol. The van der Waals surface area contributed by atoms with Gasteiger partial charge in [-0.25, -0.2) is 8.78 Å². The molecule has 1 aromatic heterocycles. The summed E-state index contributed by atoms with van der Waals surface area (Å²) in [6.07, 6.45) is -0.619. The van der Waals surface area contributed by atoms with Crippen LogP contribution in [0.4, 0.5) is 8.78 Å². The van der Waals surface area contributed by atoms with Crippen molar-refractivity contribution in [2.75, 3.05) is 7.11 Å². The maximum atomic E-state index is 14.2. The minimum absolute atomic E-state index is 0.126. The van der Waals surface area contributed by atoms with Crippen LogP contribution in [0.2, 0.25) is 0 Å². The number of nitrogens with zero attached hydrogens (tertiary/aromatic N) is 1. The van der Waals surface area contributed by atoms with Gasteiger partial charge in [0.15, 0.2) is 0 Å². The van der Waals surface area contributed by atoms with Gasteiger partial charge >= 0.3 is 15.2 Å². The van der Waals surface area contributed by atoms with Gasteiger partial charge < -0.3 is 19.6 Å². The maximum absolute atomic E-state index is 14.2. The van der Waals surface area contributed by atoms with Crippen molar-refractivity contribution >= 4 is 15.2 Å². The second kappa shape index (κ2) is 7.27. The lowest BCUT2D eigenvalue weighted by molar-refractivity contribution is -0.0614. The Labute approximate surface area is 157 Å². The third-order valence-electron chi connectivity index (χ3n) is 4.07. The van der Waals surface area contributed by atoms with Crippen LogP contribution in [0.3, 0.4) is 0 Å². The molecule has 1 fully saturated rings. The molecule has 3 N–H and O–H groups in total. The molecule has 0 aliphatic carbocycles. The highest BCUT2D eigenvalue weighted by molar-refractivity contribution is 7.73. The molecule has 0 saturated carbocycles. The van der Waals surface area contributed by atoms with Crippen molar-refractivity contribution in [3.05, 3.63) is 59.4 Å². The Kier molecular flexibility index (Phi) is 5.46. The molecule has 2 aromatic rings. The van der Waals surface area contributed by atoms with Gasteiger partial charge in [0.1, 0.15) is 17.4 Å². The van der Waals surface area contributed by atoms with Crippen molar-refractivity contribution < 1.29 is 46.6 Å². The molecule has 0 spiro atoms. The van der Waals surface area contributed by atoms with Crippen LogP contribution in [0.5, 0.6) is 5.75 Å². The first kappa shape index (κ1) is 21.0. The smallest absolute Gasteiger partial charge is 0.374 e. The average Bonchev–Trinajstić information content (AvgIpc) is 2.59. The number of methoxy groups -OCH3 is 1. The Morgan fingerprint density at radius 2 is 1.79 bits per heavy atom. The molecule has 2 heterocycles. The number of benzene rings is 1. The van der Waals surface area contributed by atoms with Gasteiger partial charge in [-0.05, 0) is 11.6 Å². The summed E-state index contributed by atoms with van der Waals surface area (Å²) in [6, 6.07) is 4.26. The van der Waals surface area contributed by atoms with Crippen LogP contribution >= 0.6 is 15.2 Å². The second-order valence-electron chi connectivity index (χ2n) is 5.90. The molecule has 13 heteroatoms. The summed E-state index contributed by atoms with van der Waals surface area (Å²) in [5.74, 6) is -2.82. The summed E-state index contributed by atoms with van der Waals surface area (Å²) in [6.45, 7) is 0. The Hall–Kier alpha value is -1.71. The van der Waals surface area contributed by atoms with E-state index in [4.69, 9.17) is 0 Å². The second-order valence-corrected chi connectivity index (χ2v) is 10.2. The molecule has 9 nitrogen and oxygen atoms in total. The zero-order valence-corrected chi connectivity index (χ0v) is 16.0. The van der Waals surface area contributed by atoms with Gasteiger partial charge in [0.05, 0.1) is 12.7 Å². The van der Waals surface area contributed by atoms with Gasteiger partial charge in [0, 0.05) is 30.9 Å². The molecule has 1 aromatic carbocycles. The fraction of sp³-hybridized carbons (Fsp3) is 0.267. The number of ether oxygens (including phenoxy) is 1. The van der Waals surface area contributed by atoms with Gasteiger partial charge in [-0.3, -0.25) is 23.2 Å². The van der Waals surface area contributed by atoms with E-state index in [2.05, 4.69) is 18.8 Å². The average molecular weight is 437 g/mol. The molecule has 1 saturated heterocycles. The zero-order chi connectivity index (χ0) is 20.7. The van der Waals surface area contributed by atoms with E-state index in [9.17, 15) is 32.8 Å². The first-order valence-electron chi connectivity index (χ1n) is 7.67. The van der Waals surface area contributed by atoms with E-state index < -0.39 is 50.2 Å². The minimum Gasteiger partial charge on any atom is -0.497 e. The molecule has 1 aliphatic rings. The largest absolute Gasteiger partial charge is 0.497 e. The van der Waals surface area contributed by atoms with Crippen molar-refractivity contribution in [2.45, 2.75) is 17.8 Å². The maximum Gasteiger partial charge on any atom is 0.374 e. The number of aliphatic hydroxyl groups is 1. The molecular weight excluding hydrogens is 422 g/mol. The van der Waals surface area contributed by atoms with E-state index in [1.807, 2.05) is 0 Å². The van der Waals surface area contributed by atoms with Crippen LogP contribution < -0.4 is 4.74 Å². The molecule has 1 aliphatic heterocycles. The zero-order valence-electron chi connectivity index (χ0n) is 14.2. The standard InChI is InChI=1S/C15H15F2NO8P2/c1-24-10-5-11(16)13(12(17)6-10)14-25-27(20,21)15(19,28(22,23)26-14)7-9-3-2-4-18-8-9/h2-6,8,14,19H,7H2,1H3,(H,20,21)(H,22,23). The lowest BCUT2D eigenvalue weighted by Gasteiger charge is -2.41. The number of pyridine rings is 1. The monoisotopic (exact) mass is 437 g/mol. The van der Waals surface area contributed by atoms with Gasteiger partial charge in [0.25, 0.3) is 5.08 Å². The molecule has 0 bridgehead atoms. The van der Waals surface area contributed by atoms with Crippen LogP contribution in [0.1, 0.15) is 17.4 Å². The number of halogens is 2. The number of hydrogen-bond donors (Lipinski definition) is 3. The summed E-state index contributed by atoms with van der Waals surface area (Å²) in [5, 5.41) is 7.29. The Morgan fingerprint density at radius 3 is 2.25 bits per heavy atom. The lowest BCUT2D eigenvalue weighted by atomic mass is 10.2. The van der Waals surface area contributed by atoms with E-state index in [1.165, 1.54) is 24.5 Å². The van der Waals surface area contributed by atoms with E-state index in [0.717, 1.165) is 19.2 Å². The molecule has 152 valence electrons. The topological polar surface area (TPSA) is 135 Å². The number of aromatic nitrogens is 1. The van der Waals surface area contributed by atoms with Crippen LogP contribution in [-0.4, -0.2) is 32.1 Å². The highest BCUT2D eigenvalue weighted by atomic mass is 31.2. The third kappa shape index (κ3) is 3.51. The van der Waals surface area contributed by atoms with Crippen LogP contribution in [0.15, 0.2) is 36.7 Å². The predicted octanol–water partition coefficient (Wildman–Crippen LogP) is 2.67. The van der Waals surface area contributed by atoms with Crippen molar-refractivity contribution in [3.8, 4) is 5.75 Å². The van der Waals surface area contributed by atoms with Crippen LogP contribution in [-0.2, 0) is 24.6 Å². The van der Waals surface area contributed by atoms with E-state index >= 15 is 0 Å². The summed E-state index contributed by atoms with van der Waals surface area (Å²) in [5.41, 5.74) is -0.895. The molecule has 2 unspecified atom stereocenters. The summed E-state index contributed by atoms with van der Waals surface area (Å²) >= 11 is 0. The number of hydrogen-bond acceptors (Lipinski definition) is 7. The van der Waals surface area contributed by atoms with Gasteiger partial charge in [-0.2, -0.15) is 0 Å². The minimum atomic E-state index is -5.35. The summed E-state index contributed by atoms with van der Waals surface area (Å²) in [4.78, 5) is 24.1. The van der Waals surface area contributed by atoms with E-state index in [-0.39, 0.29) is 11.3 Å². The van der Waals surface area contributed by atoms with Crippen molar-refractivity contribution in [1.29, 1.82) is 0 Å². The lowest BCUT2D eigenvalue weighted by Crippen LogP contribution is -2.38. The third-order valence-corrected chi connectivity index (χ3v) is 8.67. The van der Waals surface area contributed by atoms with Gasteiger partial charge in [0.2, 0.25) is 6.29 Å². The van der Waals surface area contributed by atoms with Crippen molar-refractivity contribution in [1.82, 2.24) is 4.98 Å². The van der Waals surface area contributed by atoms with E-state index in [1.54, 1.807) is 0 Å². The van der Waals surface area contributed by atoms with E-state index in [0.29, 0.717) is 0 Å². The first-order chi connectivity index (χ1) is 13.0. The molecule has 0 radical (unpaired) electrons. The molecule has 3 rings (SSSR count). The SMILES string of the molecule is COc1cc(F)c(C2OP(=O)(O)C(O)(Cc3cccnc3)P(=O)(O)O2)c(F)c1. The quantitative estimate of drug-likeness (QED) is 0.617. The normalized spacial score (nSPS) is 32.9. The Morgan fingerprint density at radius 1 is 1.21 bits per heavy atom. The molecule has 2 atom stereocenters. The Balaban J connectivity index is 2.02. The van der Waals surface area contributed by atoms with Crippen molar-refractivity contribution in [3.63, 3.8) is 0 Å². The fourth-order valence-electron chi connectivity index (χ4n) is 2.59.